The molecule has 19 heteroatoms. The van der Waals surface area contributed by atoms with E-state index in [0.717, 1.165) is 17.9 Å². The zero-order chi connectivity index (χ0) is 39.8. The molecule has 0 spiro atoms. The van der Waals surface area contributed by atoms with Gasteiger partial charge in [0.2, 0.25) is 5.91 Å². The SMILES string of the molecule is CC(C)(C#N)C(C)(C)n1cc(Br)cn1.CC(C)(C(=O)O)n1cc(Br)cn1.CC(C)(C(N)=O)n1cc(Br)cn1.COC(=O)C(C)(C)n1cc(Br)cn1. The van der Waals surface area contributed by atoms with Crippen LogP contribution in [0.4, 0.5) is 0 Å². The van der Waals surface area contributed by atoms with E-state index < -0.39 is 33.9 Å². The number of aliphatic carboxylic acids is 1. The molecule has 0 radical (unpaired) electrons. The molecule has 3 N–H and O–H groups in total. The highest BCUT2D eigenvalue weighted by atomic mass is 79.9. The van der Waals surface area contributed by atoms with Gasteiger partial charge in [-0.3, -0.25) is 23.5 Å². The maximum atomic E-state index is 11.3. The third-order valence-electron chi connectivity index (χ3n) is 8.12. The van der Waals surface area contributed by atoms with Crippen molar-refractivity contribution >= 4 is 81.6 Å². The van der Waals surface area contributed by atoms with Crippen molar-refractivity contribution in [3.63, 3.8) is 0 Å². The van der Waals surface area contributed by atoms with Crippen LogP contribution in [0.25, 0.3) is 0 Å². The third-order valence-corrected chi connectivity index (χ3v) is 9.75. The smallest absolute Gasteiger partial charge is 0.333 e. The van der Waals surface area contributed by atoms with Crippen LogP contribution in [-0.2, 0) is 41.3 Å². The highest BCUT2D eigenvalue weighted by molar-refractivity contribution is 9.11. The van der Waals surface area contributed by atoms with Gasteiger partial charge in [-0.15, -0.1) is 0 Å². The molecule has 0 fully saturated rings. The highest BCUT2D eigenvalue weighted by Gasteiger charge is 2.39. The Balaban J connectivity index is 0.000000341. The van der Waals surface area contributed by atoms with Crippen molar-refractivity contribution in [2.24, 2.45) is 11.1 Å². The maximum absolute atomic E-state index is 11.3. The Labute approximate surface area is 331 Å². The number of methoxy groups -OCH3 is 1. The van der Waals surface area contributed by atoms with Crippen molar-refractivity contribution in [3.05, 3.63) is 67.5 Å². The second-order valence-corrected chi connectivity index (χ2v) is 17.2. The zero-order valence-corrected chi connectivity index (χ0v) is 36.7. The molecular weight excluding hydrogens is 924 g/mol. The van der Waals surface area contributed by atoms with Gasteiger partial charge in [0.1, 0.15) is 5.54 Å². The fourth-order valence-electron chi connectivity index (χ4n) is 3.40. The lowest BCUT2D eigenvalue weighted by Crippen LogP contribution is -2.41. The Kier molecular flexibility index (Phi) is 16.1. The second-order valence-electron chi connectivity index (χ2n) is 13.5. The fraction of sp³-hybridized carbons (Fsp3) is 0.500. The van der Waals surface area contributed by atoms with Crippen LogP contribution in [0.15, 0.2) is 67.5 Å². The number of amides is 1. The number of carboxylic acids is 1. The molecule has 15 nitrogen and oxygen atoms in total. The van der Waals surface area contributed by atoms with E-state index in [1.54, 1.807) is 89.6 Å². The molecule has 0 aliphatic heterocycles. The molecule has 0 aliphatic rings. The van der Waals surface area contributed by atoms with Gasteiger partial charge in [-0.1, -0.05) is 0 Å². The first kappa shape index (κ1) is 45.7. The van der Waals surface area contributed by atoms with Gasteiger partial charge in [0.25, 0.3) is 0 Å². The summed E-state index contributed by atoms with van der Waals surface area (Å²) in [7, 11) is 1.36. The number of hydrogen-bond acceptors (Lipinski definition) is 9. The molecule has 4 heterocycles. The van der Waals surface area contributed by atoms with E-state index in [9.17, 15) is 14.4 Å². The molecule has 0 atom stereocenters. The van der Waals surface area contributed by atoms with E-state index in [1.807, 2.05) is 38.6 Å². The lowest BCUT2D eigenvalue weighted by atomic mass is 9.76. The van der Waals surface area contributed by atoms with Gasteiger partial charge >= 0.3 is 11.9 Å². The van der Waals surface area contributed by atoms with Crippen molar-refractivity contribution in [2.45, 2.75) is 91.4 Å². The topological polar surface area (TPSA) is 202 Å². The minimum Gasteiger partial charge on any atom is -0.479 e. The number of esters is 1. The largest absolute Gasteiger partial charge is 0.479 e. The maximum Gasteiger partial charge on any atom is 0.333 e. The van der Waals surface area contributed by atoms with Crippen LogP contribution in [-0.4, -0.2) is 69.2 Å². The summed E-state index contributed by atoms with van der Waals surface area (Å²) in [6.07, 6.45) is 13.5. The van der Waals surface area contributed by atoms with E-state index in [4.69, 9.17) is 16.1 Å². The van der Waals surface area contributed by atoms with Crippen LogP contribution < -0.4 is 5.73 Å². The van der Waals surface area contributed by atoms with Crippen LogP contribution in [0.5, 0.6) is 0 Å². The molecule has 0 bridgehead atoms. The van der Waals surface area contributed by atoms with Crippen molar-refractivity contribution in [3.8, 4) is 6.07 Å². The highest BCUT2D eigenvalue weighted by Crippen LogP contribution is 2.36. The van der Waals surface area contributed by atoms with Gasteiger partial charge in [0, 0.05) is 24.8 Å². The summed E-state index contributed by atoms with van der Waals surface area (Å²) < 4.78 is 14.3. The molecule has 0 aliphatic carbocycles. The first-order chi connectivity index (χ1) is 23.2. The number of primary amides is 1. The lowest BCUT2D eigenvalue weighted by molar-refractivity contribution is -0.150. The summed E-state index contributed by atoms with van der Waals surface area (Å²) in [5.74, 6) is -1.63. The number of carboxylic acid groups (broad SMARTS) is 1. The van der Waals surface area contributed by atoms with Crippen LogP contribution in [0, 0.1) is 16.7 Å². The molecule has 4 aromatic heterocycles. The number of carbonyl (C=O) groups excluding carboxylic acids is 2. The Morgan fingerprint density at radius 3 is 1.24 bits per heavy atom. The molecule has 4 aromatic rings. The predicted molar refractivity (Wildman–Crippen MR) is 205 cm³/mol. The summed E-state index contributed by atoms with van der Waals surface area (Å²) >= 11 is 13.0. The standard InChI is InChI=1S/C10H14BrN3.C8H11BrN2O2.C7H10BrN3O.C7H9BrN2O2/c1-9(2,7-12)10(3,4)14-6-8(11)5-13-14;1-8(2,7(12)13-3)11-5-6(9)4-10-11;1-7(2,6(9)12)11-4-5(8)3-10-11;1-7(2,6(11)12)10-4-5(8)3-9-10/h5-6H,1-4H3;4-5H,1-3H3;3-4H,1-2H3,(H2,9,12);3-4H,1-2H3,(H,11,12). The molecule has 51 heavy (non-hydrogen) atoms. The molecular formula is C32H44Br4N10O5. The van der Waals surface area contributed by atoms with Gasteiger partial charge in [-0.2, -0.15) is 25.7 Å². The first-order valence-corrected chi connectivity index (χ1v) is 18.2. The molecule has 4 rings (SSSR count). The summed E-state index contributed by atoms with van der Waals surface area (Å²) in [4.78, 5) is 33.1. The first-order valence-electron chi connectivity index (χ1n) is 15.0. The minimum atomic E-state index is -0.994. The predicted octanol–water partition coefficient (Wildman–Crippen LogP) is 6.82. The molecule has 0 saturated heterocycles. The van der Waals surface area contributed by atoms with Crippen molar-refractivity contribution < 1.29 is 24.2 Å². The van der Waals surface area contributed by atoms with Crippen molar-refractivity contribution in [1.29, 1.82) is 5.26 Å². The Morgan fingerprint density at radius 2 is 0.980 bits per heavy atom. The van der Waals surface area contributed by atoms with E-state index in [1.165, 1.54) is 16.5 Å². The summed E-state index contributed by atoms with van der Waals surface area (Å²) in [6, 6.07) is 2.31. The quantitative estimate of drug-likeness (QED) is 0.177. The number of nitriles is 1. The summed E-state index contributed by atoms with van der Waals surface area (Å²) in [5.41, 5.74) is 1.88. The normalized spacial score (nSPS) is 11.8. The average Bonchev–Trinajstić information content (AvgIpc) is 3.86. The summed E-state index contributed by atoms with van der Waals surface area (Å²) in [5, 5.41) is 34.0. The number of nitrogens with zero attached hydrogens (tertiary/aromatic N) is 9. The van der Waals surface area contributed by atoms with Gasteiger partial charge < -0.3 is 15.6 Å². The second kappa shape index (κ2) is 17.9. The van der Waals surface area contributed by atoms with E-state index in [2.05, 4.69) is 94.9 Å². The van der Waals surface area contributed by atoms with Crippen LogP contribution in [0.3, 0.4) is 0 Å². The Bertz CT molecular complexity index is 1770. The molecule has 0 unspecified atom stereocenters. The molecule has 1 amide bonds. The van der Waals surface area contributed by atoms with E-state index in [-0.39, 0.29) is 11.5 Å². The van der Waals surface area contributed by atoms with Crippen molar-refractivity contribution in [2.75, 3.05) is 7.11 Å². The molecule has 280 valence electrons. The van der Waals surface area contributed by atoms with Crippen molar-refractivity contribution in [1.82, 2.24) is 39.1 Å². The third kappa shape index (κ3) is 11.8. The number of carbonyl (C=O) groups is 3. The van der Waals surface area contributed by atoms with E-state index in [0.29, 0.717) is 0 Å². The van der Waals surface area contributed by atoms with Gasteiger partial charge in [0.05, 0.1) is 66.8 Å². The molecule has 0 saturated carbocycles. The number of halogens is 4. The number of rotatable bonds is 8. The van der Waals surface area contributed by atoms with Gasteiger partial charge in [-0.25, -0.2) is 9.59 Å². The summed E-state index contributed by atoms with van der Waals surface area (Å²) in [6.45, 7) is 18.0. The number of ether oxygens (including phenoxy) is 1. The molecule has 0 aromatic carbocycles. The number of nitrogens with two attached hydrogens (primary N) is 1. The monoisotopic (exact) mass is 964 g/mol. The lowest BCUT2D eigenvalue weighted by Gasteiger charge is -2.36. The van der Waals surface area contributed by atoms with Crippen LogP contribution in [0.2, 0.25) is 0 Å². The van der Waals surface area contributed by atoms with Gasteiger partial charge in [-0.05, 0) is 133 Å². The zero-order valence-electron chi connectivity index (χ0n) is 30.3. The van der Waals surface area contributed by atoms with E-state index >= 15 is 0 Å². The fourth-order valence-corrected chi connectivity index (χ4v) is 4.55. The minimum absolute atomic E-state index is 0.317. The number of hydrogen-bond donors (Lipinski definition) is 2. The Hall–Kier alpha value is -3.34. The number of aromatic nitrogens is 8. The van der Waals surface area contributed by atoms with Crippen LogP contribution >= 0.6 is 63.7 Å². The van der Waals surface area contributed by atoms with Crippen LogP contribution in [0.1, 0.15) is 69.2 Å². The van der Waals surface area contributed by atoms with Gasteiger partial charge in [0.15, 0.2) is 11.1 Å². The Morgan fingerprint density at radius 1 is 0.667 bits per heavy atom. The average molecular weight is 968 g/mol.